The van der Waals surface area contributed by atoms with Crippen LogP contribution in [-0.4, -0.2) is 31.6 Å². The Bertz CT molecular complexity index is 890. The quantitative estimate of drug-likeness (QED) is 0.630. The molecule has 2 aliphatic rings. The summed E-state index contributed by atoms with van der Waals surface area (Å²) in [7, 11) is 0. The molecule has 1 atom stereocenters. The van der Waals surface area contributed by atoms with E-state index < -0.39 is 0 Å². The fourth-order valence-corrected chi connectivity index (χ4v) is 4.10. The van der Waals surface area contributed by atoms with Crippen molar-refractivity contribution in [3.05, 3.63) is 71.3 Å². The van der Waals surface area contributed by atoms with Crippen molar-refractivity contribution in [2.45, 2.75) is 38.7 Å². The monoisotopic (exact) mass is 376 g/mol. The Morgan fingerprint density at radius 3 is 2.93 bits per heavy atom. The van der Waals surface area contributed by atoms with Crippen LogP contribution in [0, 0.1) is 0 Å². The first-order valence-electron chi connectivity index (χ1n) is 10.2. The molecule has 0 saturated heterocycles. The average Bonchev–Trinajstić information content (AvgIpc) is 2.71. The number of nitrogens with zero attached hydrogens (tertiary/aromatic N) is 1. The lowest BCUT2D eigenvalue weighted by Crippen LogP contribution is -2.33. The van der Waals surface area contributed by atoms with Crippen LogP contribution in [0.1, 0.15) is 41.3 Å². The number of fused-ring (bicyclic) bond motifs is 2. The van der Waals surface area contributed by atoms with Gasteiger partial charge >= 0.3 is 0 Å². The van der Waals surface area contributed by atoms with Crippen molar-refractivity contribution in [3.63, 3.8) is 0 Å². The second-order valence-electron chi connectivity index (χ2n) is 7.72. The Hall–Kier alpha value is -2.75. The van der Waals surface area contributed by atoms with Crippen molar-refractivity contribution in [1.82, 2.24) is 5.32 Å². The summed E-state index contributed by atoms with van der Waals surface area (Å²) < 4.78 is 5.97. The molecule has 0 radical (unpaired) electrons. The summed E-state index contributed by atoms with van der Waals surface area (Å²) in [5.74, 6) is 0.653. The van der Waals surface area contributed by atoms with Gasteiger partial charge in [0.25, 0.3) is 5.91 Å². The number of carbonyl (C=O) groups excluding carboxylic acids is 1. The fourth-order valence-electron chi connectivity index (χ4n) is 4.10. The van der Waals surface area contributed by atoms with Gasteiger partial charge in [0.15, 0.2) is 0 Å². The lowest BCUT2D eigenvalue weighted by Gasteiger charge is -2.31. The standard InChI is InChI=1S/C24H28N2O2/c1-17-16-20-9-5-11-21(23(20)28-18(17)2)24(27)25-13-7-15-26-14-6-10-19-8-3-4-12-22(19)26/h3-5,8-9,11-12,18H,1,6-7,10,13-16H2,2H3,(H,25,27). The molecule has 4 nitrogen and oxygen atoms in total. The topological polar surface area (TPSA) is 41.6 Å². The molecular formula is C24H28N2O2. The number of hydrogen-bond acceptors (Lipinski definition) is 3. The van der Waals surface area contributed by atoms with E-state index >= 15 is 0 Å². The van der Waals surface area contributed by atoms with E-state index in [1.165, 1.54) is 17.7 Å². The maximum Gasteiger partial charge on any atom is 0.255 e. The molecule has 146 valence electrons. The van der Waals surface area contributed by atoms with Gasteiger partial charge in [-0.25, -0.2) is 0 Å². The third-order valence-electron chi connectivity index (χ3n) is 5.73. The Kier molecular flexibility index (Phi) is 5.38. The van der Waals surface area contributed by atoms with Crippen LogP contribution in [0.2, 0.25) is 0 Å². The molecule has 0 fully saturated rings. The van der Waals surface area contributed by atoms with E-state index in [0.717, 1.165) is 43.5 Å². The second-order valence-corrected chi connectivity index (χ2v) is 7.72. The lowest BCUT2D eigenvalue weighted by molar-refractivity contribution is 0.0946. The number of hydrogen-bond donors (Lipinski definition) is 1. The van der Waals surface area contributed by atoms with Crippen molar-refractivity contribution in [2.24, 2.45) is 0 Å². The lowest BCUT2D eigenvalue weighted by atomic mass is 9.96. The first-order chi connectivity index (χ1) is 13.6. The van der Waals surface area contributed by atoms with E-state index in [1.54, 1.807) is 0 Å². The Balaban J connectivity index is 1.34. The summed E-state index contributed by atoms with van der Waals surface area (Å²) in [5, 5.41) is 3.07. The first kappa shape index (κ1) is 18.6. The normalized spacial score (nSPS) is 18.1. The van der Waals surface area contributed by atoms with E-state index in [0.29, 0.717) is 17.9 Å². The van der Waals surface area contributed by atoms with Gasteiger partial charge in [0, 0.05) is 31.7 Å². The van der Waals surface area contributed by atoms with Gasteiger partial charge in [0.05, 0.1) is 5.56 Å². The molecule has 1 N–H and O–H groups in total. The number of aryl methyl sites for hydroxylation is 1. The van der Waals surface area contributed by atoms with Crippen LogP contribution in [0.3, 0.4) is 0 Å². The summed E-state index contributed by atoms with van der Waals surface area (Å²) in [5.41, 5.74) is 5.49. The Morgan fingerprint density at radius 2 is 2.04 bits per heavy atom. The van der Waals surface area contributed by atoms with Crippen LogP contribution in [-0.2, 0) is 12.8 Å². The highest BCUT2D eigenvalue weighted by atomic mass is 16.5. The maximum atomic E-state index is 12.7. The van der Waals surface area contributed by atoms with E-state index in [4.69, 9.17) is 4.74 Å². The smallest absolute Gasteiger partial charge is 0.255 e. The molecule has 1 unspecified atom stereocenters. The molecule has 0 aliphatic carbocycles. The largest absolute Gasteiger partial charge is 0.485 e. The molecule has 2 aliphatic heterocycles. The molecule has 2 aromatic rings. The SMILES string of the molecule is C=C1Cc2cccc(C(=O)NCCCN3CCCc4ccccc43)c2OC1C. The Labute approximate surface area is 167 Å². The van der Waals surface area contributed by atoms with Crippen molar-refractivity contribution < 1.29 is 9.53 Å². The van der Waals surface area contributed by atoms with Crippen LogP contribution < -0.4 is 15.0 Å². The number of ether oxygens (including phenoxy) is 1. The van der Waals surface area contributed by atoms with E-state index in [1.807, 2.05) is 25.1 Å². The third-order valence-corrected chi connectivity index (χ3v) is 5.73. The molecule has 2 heterocycles. The minimum atomic E-state index is -0.0596. The third kappa shape index (κ3) is 3.77. The molecule has 28 heavy (non-hydrogen) atoms. The number of carbonyl (C=O) groups is 1. The summed E-state index contributed by atoms with van der Waals surface area (Å²) >= 11 is 0. The van der Waals surface area contributed by atoms with Crippen molar-refractivity contribution in [2.75, 3.05) is 24.5 Å². The first-order valence-corrected chi connectivity index (χ1v) is 10.2. The van der Waals surface area contributed by atoms with Gasteiger partial charge in [0.1, 0.15) is 11.9 Å². The van der Waals surface area contributed by atoms with Gasteiger partial charge in [-0.3, -0.25) is 4.79 Å². The summed E-state index contributed by atoms with van der Waals surface area (Å²) in [4.78, 5) is 15.2. The molecular weight excluding hydrogens is 348 g/mol. The number of rotatable bonds is 5. The maximum absolute atomic E-state index is 12.7. The van der Waals surface area contributed by atoms with Crippen molar-refractivity contribution >= 4 is 11.6 Å². The molecule has 0 bridgehead atoms. The zero-order valence-electron chi connectivity index (χ0n) is 16.5. The number of para-hydroxylation sites is 2. The van der Waals surface area contributed by atoms with Crippen LogP contribution in [0.15, 0.2) is 54.6 Å². The summed E-state index contributed by atoms with van der Waals surface area (Å²) in [6.45, 7) is 8.74. The van der Waals surface area contributed by atoms with Crippen LogP contribution in [0.25, 0.3) is 0 Å². The van der Waals surface area contributed by atoms with E-state index in [2.05, 4.69) is 41.1 Å². The predicted molar refractivity (Wildman–Crippen MR) is 113 cm³/mol. The minimum Gasteiger partial charge on any atom is -0.485 e. The highest BCUT2D eigenvalue weighted by Gasteiger charge is 2.24. The van der Waals surface area contributed by atoms with Gasteiger partial charge < -0.3 is 15.0 Å². The number of benzene rings is 2. The molecule has 0 spiro atoms. The molecule has 4 heteroatoms. The van der Waals surface area contributed by atoms with Gasteiger partial charge in [-0.05, 0) is 55.0 Å². The average molecular weight is 377 g/mol. The zero-order chi connectivity index (χ0) is 19.5. The number of nitrogens with one attached hydrogen (secondary N) is 1. The van der Waals surface area contributed by atoms with Gasteiger partial charge in [-0.2, -0.15) is 0 Å². The molecule has 2 aromatic carbocycles. The second kappa shape index (κ2) is 8.09. The minimum absolute atomic E-state index is 0.0550. The van der Waals surface area contributed by atoms with E-state index in [-0.39, 0.29) is 12.0 Å². The highest BCUT2D eigenvalue weighted by molar-refractivity contribution is 5.97. The zero-order valence-corrected chi connectivity index (χ0v) is 16.5. The van der Waals surface area contributed by atoms with Crippen LogP contribution >= 0.6 is 0 Å². The van der Waals surface area contributed by atoms with E-state index in [9.17, 15) is 4.79 Å². The molecule has 0 aromatic heterocycles. The molecule has 0 saturated carbocycles. The Morgan fingerprint density at radius 1 is 1.21 bits per heavy atom. The number of amides is 1. The molecule has 4 rings (SSSR count). The van der Waals surface area contributed by atoms with Crippen LogP contribution in [0.4, 0.5) is 5.69 Å². The fraction of sp³-hybridized carbons (Fsp3) is 0.375. The van der Waals surface area contributed by atoms with Crippen LogP contribution in [0.5, 0.6) is 5.75 Å². The van der Waals surface area contributed by atoms with Gasteiger partial charge in [-0.15, -0.1) is 0 Å². The van der Waals surface area contributed by atoms with Gasteiger partial charge in [-0.1, -0.05) is 36.9 Å². The highest BCUT2D eigenvalue weighted by Crippen LogP contribution is 2.33. The predicted octanol–water partition coefficient (Wildman–Crippen LogP) is 4.14. The van der Waals surface area contributed by atoms with Crippen molar-refractivity contribution in [1.29, 1.82) is 0 Å². The summed E-state index contributed by atoms with van der Waals surface area (Å²) in [6, 6.07) is 14.4. The van der Waals surface area contributed by atoms with Gasteiger partial charge in [0.2, 0.25) is 0 Å². The van der Waals surface area contributed by atoms with Crippen molar-refractivity contribution in [3.8, 4) is 5.75 Å². The molecule has 1 amide bonds. The summed E-state index contributed by atoms with van der Waals surface area (Å²) in [6.07, 6.45) is 3.99. The number of anilines is 1.